The number of aromatic nitrogens is 2. The fourth-order valence-corrected chi connectivity index (χ4v) is 2.98. The van der Waals surface area contributed by atoms with E-state index in [1.54, 1.807) is 6.07 Å². The van der Waals surface area contributed by atoms with E-state index in [1.165, 1.54) is 6.07 Å². The Morgan fingerprint density at radius 3 is 2.62 bits per heavy atom. The van der Waals surface area contributed by atoms with Gasteiger partial charge >= 0.3 is 5.97 Å². The van der Waals surface area contributed by atoms with Gasteiger partial charge in [0.25, 0.3) is 5.91 Å². The van der Waals surface area contributed by atoms with Crippen LogP contribution in [0.4, 0.5) is 11.4 Å². The Morgan fingerprint density at radius 2 is 1.96 bits per heavy atom. The third-order valence-corrected chi connectivity index (χ3v) is 4.19. The molecule has 2 aromatic rings. The molecule has 0 aliphatic heterocycles. The van der Waals surface area contributed by atoms with Crippen LogP contribution in [0.25, 0.3) is 0 Å². The van der Waals surface area contributed by atoms with Crippen molar-refractivity contribution in [3.05, 3.63) is 44.9 Å². The molecular weight excluding hydrogens is 372 g/mol. The van der Waals surface area contributed by atoms with Crippen molar-refractivity contribution in [3.63, 3.8) is 0 Å². The van der Waals surface area contributed by atoms with E-state index in [-0.39, 0.29) is 22.8 Å². The molecule has 4 N–H and O–H groups in total. The van der Waals surface area contributed by atoms with Gasteiger partial charge in [-0.3, -0.25) is 9.59 Å². The standard InChI is InChI=1S/C17H20N4O3S2/c1-10-5-6-11(8-13(10)21(2)7-3-4-15(22)23)18-16(24)12-9-14(25)20-17(26)19-12/h5-6,8-9H,3-4,7H2,1-2H3,(H,18,24)(H,22,23)(H2,19,20,25,26). The maximum absolute atomic E-state index is 12.4. The molecule has 0 radical (unpaired) electrons. The van der Waals surface area contributed by atoms with E-state index in [4.69, 9.17) is 29.5 Å². The molecule has 0 aliphatic rings. The summed E-state index contributed by atoms with van der Waals surface area (Å²) in [5, 5.41) is 11.6. The minimum Gasteiger partial charge on any atom is -0.481 e. The second-order valence-corrected chi connectivity index (χ2v) is 6.72. The van der Waals surface area contributed by atoms with E-state index in [2.05, 4.69) is 15.3 Å². The van der Waals surface area contributed by atoms with Gasteiger partial charge < -0.3 is 25.3 Å². The minimum atomic E-state index is -0.810. The molecule has 1 aromatic carbocycles. The van der Waals surface area contributed by atoms with Crippen LogP contribution in [0.2, 0.25) is 0 Å². The number of carbonyl (C=O) groups excluding carboxylic acids is 1. The first kappa shape index (κ1) is 19.8. The number of benzene rings is 1. The van der Waals surface area contributed by atoms with Crippen molar-refractivity contribution in [1.82, 2.24) is 9.97 Å². The largest absolute Gasteiger partial charge is 0.481 e. The number of aliphatic carboxylic acids is 1. The van der Waals surface area contributed by atoms with Gasteiger partial charge in [0.15, 0.2) is 4.77 Å². The summed E-state index contributed by atoms with van der Waals surface area (Å²) in [4.78, 5) is 30.5. The third kappa shape index (κ3) is 5.50. The SMILES string of the molecule is Cc1ccc(NC(=O)c2cc(=S)[nH]c(=S)[nH]2)cc1N(C)CCCC(=O)O. The Labute approximate surface area is 161 Å². The van der Waals surface area contributed by atoms with Gasteiger partial charge in [0.2, 0.25) is 0 Å². The minimum absolute atomic E-state index is 0.119. The lowest BCUT2D eigenvalue weighted by atomic mass is 10.1. The summed E-state index contributed by atoms with van der Waals surface area (Å²) in [5.41, 5.74) is 2.85. The zero-order valence-corrected chi connectivity index (χ0v) is 16.1. The zero-order chi connectivity index (χ0) is 19.3. The number of anilines is 2. The molecule has 1 aromatic heterocycles. The van der Waals surface area contributed by atoms with Crippen LogP contribution in [-0.2, 0) is 4.79 Å². The number of hydrogen-bond acceptors (Lipinski definition) is 5. The molecule has 0 atom stereocenters. The fraction of sp³-hybridized carbons (Fsp3) is 0.294. The lowest BCUT2D eigenvalue weighted by molar-refractivity contribution is -0.137. The summed E-state index contributed by atoms with van der Waals surface area (Å²) in [6, 6.07) is 7.07. The number of aryl methyl sites for hydroxylation is 1. The van der Waals surface area contributed by atoms with Gasteiger partial charge in [-0.15, -0.1) is 0 Å². The molecular formula is C17H20N4O3S2. The van der Waals surface area contributed by atoms with Gasteiger partial charge in [-0.1, -0.05) is 18.3 Å². The number of carbonyl (C=O) groups is 2. The number of carboxylic acids is 1. The summed E-state index contributed by atoms with van der Waals surface area (Å²) in [6.07, 6.45) is 0.661. The number of hydrogen-bond donors (Lipinski definition) is 4. The Bertz CT molecular complexity index is 908. The highest BCUT2D eigenvalue weighted by Gasteiger charge is 2.11. The van der Waals surface area contributed by atoms with Gasteiger partial charge in [0.1, 0.15) is 10.3 Å². The number of carboxylic acid groups (broad SMARTS) is 1. The van der Waals surface area contributed by atoms with E-state index in [1.807, 2.05) is 31.0 Å². The fourth-order valence-electron chi connectivity index (χ4n) is 2.48. The summed E-state index contributed by atoms with van der Waals surface area (Å²) < 4.78 is 0.659. The molecule has 0 saturated carbocycles. The molecule has 7 nitrogen and oxygen atoms in total. The Hall–Kier alpha value is -2.52. The summed E-state index contributed by atoms with van der Waals surface area (Å²) >= 11 is 10.0. The van der Waals surface area contributed by atoms with Crippen molar-refractivity contribution in [2.24, 2.45) is 0 Å². The van der Waals surface area contributed by atoms with Crippen molar-refractivity contribution in [2.75, 3.05) is 23.8 Å². The van der Waals surface area contributed by atoms with Gasteiger partial charge in [0, 0.05) is 37.5 Å². The molecule has 1 heterocycles. The lowest BCUT2D eigenvalue weighted by Gasteiger charge is -2.22. The van der Waals surface area contributed by atoms with Crippen molar-refractivity contribution in [3.8, 4) is 0 Å². The summed E-state index contributed by atoms with van der Waals surface area (Å²) in [5.74, 6) is -1.16. The smallest absolute Gasteiger partial charge is 0.303 e. The van der Waals surface area contributed by atoms with E-state index in [0.717, 1.165) is 11.3 Å². The Kier molecular flexibility index (Phi) is 6.64. The second-order valence-electron chi connectivity index (χ2n) is 5.88. The monoisotopic (exact) mass is 392 g/mol. The number of aromatic amines is 2. The molecule has 0 saturated heterocycles. The lowest BCUT2D eigenvalue weighted by Crippen LogP contribution is -2.21. The second kappa shape index (κ2) is 8.72. The molecule has 0 aliphatic carbocycles. The first-order chi connectivity index (χ1) is 12.3. The molecule has 9 heteroatoms. The molecule has 138 valence electrons. The molecule has 1 amide bonds. The number of amides is 1. The highest BCUT2D eigenvalue weighted by molar-refractivity contribution is 7.72. The van der Waals surface area contributed by atoms with Crippen LogP contribution in [0.15, 0.2) is 24.3 Å². The van der Waals surface area contributed by atoms with Gasteiger partial charge in [0.05, 0.1) is 0 Å². The van der Waals surface area contributed by atoms with Gasteiger partial charge in [-0.05, 0) is 43.3 Å². The summed E-state index contributed by atoms with van der Waals surface area (Å²) in [7, 11) is 1.89. The molecule has 0 unspecified atom stereocenters. The molecule has 0 fully saturated rings. The van der Waals surface area contributed by atoms with Gasteiger partial charge in [-0.2, -0.15) is 0 Å². The van der Waals surface area contributed by atoms with Crippen LogP contribution in [-0.4, -0.2) is 40.5 Å². The van der Waals surface area contributed by atoms with E-state index in [0.29, 0.717) is 23.3 Å². The van der Waals surface area contributed by atoms with Crippen LogP contribution in [0.1, 0.15) is 28.9 Å². The highest BCUT2D eigenvalue weighted by atomic mass is 32.1. The van der Waals surface area contributed by atoms with Crippen LogP contribution in [0.5, 0.6) is 0 Å². The summed E-state index contributed by atoms with van der Waals surface area (Å²) in [6.45, 7) is 2.56. The normalized spacial score (nSPS) is 10.4. The van der Waals surface area contributed by atoms with Crippen molar-refractivity contribution in [1.29, 1.82) is 0 Å². The highest BCUT2D eigenvalue weighted by Crippen LogP contribution is 2.24. The van der Waals surface area contributed by atoms with Gasteiger partial charge in [-0.25, -0.2) is 0 Å². The predicted octanol–water partition coefficient (Wildman–Crippen LogP) is 3.66. The average molecular weight is 393 g/mol. The molecule has 26 heavy (non-hydrogen) atoms. The number of nitrogens with zero attached hydrogens (tertiary/aromatic N) is 1. The van der Waals surface area contributed by atoms with Crippen LogP contribution < -0.4 is 10.2 Å². The van der Waals surface area contributed by atoms with Crippen molar-refractivity contribution < 1.29 is 14.7 Å². The predicted molar refractivity (Wildman–Crippen MR) is 106 cm³/mol. The maximum atomic E-state index is 12.4. The van der Waals surface area contributed by atoms with E-state index >= 15 is 0 Å². The number of H-pyrrole nitrogens is 2. The van der Waals surface area contributed by atoms with Crippen LogP contribution in [0, 0.1) is 16.3 Å². The zero-order valence-electron chi connectivity index (χ0n) is 14.5. The quantitative estimate of drug-likeness (QED) is 0.537. The topological polar surface area (TPSA) is 101 Å². The van der Waals surface area contributed by atoms with Crippen LogP contribution in [0.3, 0.4) is 0 Å². The average Bonchev–Trinajstić information content (AvgIpc) is 2.55. The van der Waals surface area contributed by atoms with E-state index in [9.17, 15) is 9.59 Å². The molecule has 2 rings (SSSR count). The molecule has 0 bridgehead atoms. The number of nitrogens with one attached hydrogen (secondary N) is 3. The van der Waals surface area contributed by atoms with Crippen molar-refractivity contribution in [2.45, 2.75) is 19.8 Å². The van der Waals surface area contributed by atoms with Crippen molar-refractivity contribution >= 4 is 47.7 Å². The third-order valence-electron chi connectivity index (χ3n) is 3.77. The maximum Gasteiger partial charge on any atom is 0.303 e. The molecule has 0 spiro atoms. The first-order valence-corrected chi connectivity index (χ1v) is 8.76. The Morgan fingerprint density at radius 1 is 1.23 bits per heavy atom. The van der Waals surface area contributed by atoms with Crippen LogP contribution >= 0.6 is 24.4 Å². The number of rotatable bonds is 7. The Balaban J connectivity index is 2.15. The van der Waals surface area contributed by atoms with E-state index < -0.39 is 5.97 Å². The first-order valence-electron chi connectivity index (χ1n) is 7.95.